The molecule has 5 nitrogen and oxygen atoms in total. The zero-order valence-electron chi connectivity index (χ0n) is 11.0. The van der Waals surface area contributed by atoms with Crippen LogP contribution in [0.1, 0.15) is 12.0 Å². The molecular weight excluding hydrogens is 318 g/mol. The second-order valence-electron chi connectivity index (χ2n) is 4.21. The molecule has 2 aromatic rings. The number of nitrogens with one attached hydrogen (secondary N) is 2. The van der Waals surface area contributed by atoms with E-state index in [1.54, 1.807) is 0 Å². The SMILES string of the molecule is Cc1cc(Br)ccc1Nc1cc(NCCC#N)ncn1. The quantitative estimate of drug-likeness (QED) is 0.818. The van der Waals surface area contributed by atoms with E-state index in [4.69, 9.17) is 5.26 Å². The van der Waals surface area contributed by atoms with Crippen LogP contribution in [0, 0.1) is 18.3 Å². The smallest absolute Gasteiger partial charge is 0.135 e. The van der Waals surface area contributed by atoms with Gasteiger partial charge < -0.3 is 10.6 Å². The largest absolute Gasteiger partial charge is 0.369 e. The van der Waals surface area contributed by atoms with E-state index in [0.29, 0.717) is 24.6 Å². The molecule has 0 aliphatic heterocycles. The Morgan fingerprint density at radius 1 is 1.25 bits per heavy atom. The number of nitriles is 1. The highest BCUT2D eigenvalue weighted by molar-refractivity contribution is 9.10. The lowest BCUT2D eigenvalue weighted by molar-refractivity contribution is 1.04. The average molecular weight is 332 g/mol. The highest BCUT2D eigenvalue weighted by Crippen LogP contribution is 2.23. The maximum absolute atomic E-state index is 8.51. The molecule has 1 aromatic carbocycles. The fourth-order valence-corrected chi connectivity index (χ4v) is 2.15. The van der Waals surface area contributed by atoms with Gasteiger partial charge in [-0.3, -0.25) is 0 Å². The van der Waals surface area contributed by atoms with Gasteiger partial charge >= 0.3 is 0 Å². The van der Waals surface area contributed by atoms with Crippen molar-refractivity contribution in [3.05, 3.63) is 40.6 Å². The number of benzene rings is 1. The topological polar surface area (TPSA) is 73.6 Å². The number of hydrogen-bond donors (Lipinski definition) is 2. The molecule has 1 aromatic heterocycles. The molecule has 0 bridgehead atoms. The standard InChI is InChI=1S/C14H14BrN5/c1-10-7-11(15)3-4-12(10)20-14-8-13(18-9-19-14)17-6-2-5-16/h3-4,7-9H,2,6H2,1H3,(H2,17,18,19,20). The first-order valence-corrected chi connectivity index (χ1v) is 6.94. The first-order valence-electron chi connectivity index (χ1n) is 6.15. The third-order valence-electron chi connectivity index (χ3n) is 2.66. The maximum Gasteiger partial charge on any atom is 0.135 e. The lowest BCUT2D eigenvalue weighted by Crippen LogP contribution is -2.04. The van der Waals surface area contributed by atoms with E-state index in [1.165, 1.54) is 6.33 Å². The molecule has 2 rings (SSSR count). The summed E-state index contributed by atoms with van der Waals surface area (Å²) < 4.78 is 1.04. The maximum atomic E-state index is 8.51. The lowest BCUT2D eigenvalue weighted by atomic mass is 10.2. The van der Waals surface area contributed by atoms with Crippen LogP contribution in [-0.4, -0.2) is 16.5 Å². The summed E-state index contributed by atoms with van der Waals surface area (Å²) in [5.41, 5.74) is 2.12. The molecular formula is C14H14BrN5. The molecule has 102 valence electrons. The average Bonchev–Trinajstić information content (AvgIpc) is 2.43. The summed E-state index contributed by atoms with van der Waals surface area (Å²) in [6, 6.07) is 9.90. The summed E-state index contributed by atoms with van der Waals surface area (Å²) >= 11 is 3.44. The van der Waals surface area contributed by atoms with E-state index in [9.17, 15) is 0 Å². The minimum absolute atomic E-state index is 0.443. The summed E-state index contributed by atoms with van der Waals surface area (Å²) in [6.07, 6.45) is 1.93. The van der Waals surface area contributed by atoms with Crippen LogP contribution in [0.2, 0.25) is 0 Å². The van der Waals surface area contributed by atoms with Gasteiger partial charge in [0.15, 0.2) is 0 Å². The fraction of sp³-hybridized carbons (Fsp3) is 0.214. The molecule has 0 radical (unpaired) electrons. The van der Waals surface area contributed by atoms with Gasteiger partial charge in [-0.25, -0.2) is 9.97 Å². The van der Waals surface area contributed by atoms with Crippen LogP contribution >= 0.6 is 15.9 Å². The zero-order valence-corrected chi connectivity index (χ0v) is 12.6. The highest BCUT2D eigenvalue weighted by atomic mass is 79.9. The van der Waals surface area contributed by atoms with Crippen molar-refractivity contribution in [3.63, 3.8) is 0 Å². The van der Waals surface area contributed by atoms with Crippen LogP contribution in [0.4, 0.5) is 17.3 Å². The Balaban J connectivity index is 2.09. The number of halogens is 1. The van der Waals surface area contributed by atoms with Gasteiger partial charge in [-0.15, -0.1) is 0 Å². The van der Waals surface area contributed by atoms with Gasteiger partial charge in [0, 0.05) is 22.8 Å². The molecule has 0 aliphatic carbocycles. The minimum atomic E-state index is 0.443. The zero-order chi connectivity index (χ0) is 14.4. The lowest BCUT2D eigenvalue weighted by Gasteiger charge is -2.10. The molecule has 0 atom stereocenters. The number of nitrogens with zero attached hydrogens (tertiary/aromatic N) is 3. The molecule has 0 unspecified atom stereocenters. The van der Waals surface area contributed by atoms with E-state index >= 15 is 0 Å². The Labute approximate surface area is 126 Å². The summed E-state index contributed by atoms with van der Waals surface area (Å²) in [5, 5.41) is 14.8. The van der Waals surface area contributed by atoms with Crippen molar-refractivity contribution in [1.82, 2.24) is 9.97 Å². The van der Waals surface area contributed by atoms with Crippen LogP contribution < -0.4 is 10.6 Å². The Hall–Kier alpha value is -2.13. The number of hydrogen-bond acceptors (Lipinski definition) is 5. The van der Waals surface area contributed by atoms with Crippen molar-refractivity contribution in [3.8, 4) is 6.07 Å². The van der Waals surface area contributed by atoms with E-state index in [-0.39, 0.29) is 0 Å². The molecule has 2 N–H and O–H groups in total. The first-order chi connectivity index (χ1) is 9.69. The van der Waals surface area contributed by atoms with Crippen molar-refractivity contribution in [1.29, 1.82) is 5.26 Å². The fourth-order valence-electron chi connectivity index (χ4n) is 1.67. The number of aryl methyl sites for hydroxylation is 1. The van der Waals surface area contributed by atoms with Crippen molar-refractivity contribution in [2.75, 3.05) is 17.2 Å². The monoisotopic (exact) mass is 331 g/mol. The Morgan fingerprint density at radius 3 is 2.80 bits per heavy atom. The van der Waals surface area contributed by atoms with Gasteiger partial charge in [0.05, 0.1) is 12.5 Å². The van der Waals surface area contributed by atoms with E-state index in [1.807, 2.05) is 31.2 Å². The van der Waals surface area contributed by atoms with Crippen LogP contribution in [0.25, 0.3) is 0 Å². The van der Waals surface area contributed by atoms with Crippen molar-refractivity contribution in [2.24, 2.45) is 0 Å². The Bertz CT molecular complexity index is 636. The summed E-state index contributed by atoms with van der Waals surface area (Å²) in [7, 11) is 0. The van der Waals surface area contributed by atoms with Gasteiger partial charge in [-0.05, 0) is 30.7 Å². The van der Waals surface area contributed by atoms with Gasteiger partial charge in [0.2, 0.25) is 0 Å². The predicted molar refractivity (Wildman–Crippen MR) is 82.9 cm³/mol. The second kappa shape index (κ2) is 6.87. The van der Waals surface area contributed by atoms with E-state index in [2.05, 4.69) is 42.6 Å². The Morgan fingerprint density at radius 2 is 2.05 bits per heavy atom. The second-order valence-corrected chi connectivity index (χ2v) is 5.12. The Kier molecular flexibility index (Phi) is 4.91. The molecule has 1 heterocycles. The molecule has 0 fully saturated rings. The van der Waals surface area contributed by atoms with Crippen molar-refractivity contribution in [2.45, 2.75) is 13.3 Å². The van der Waals surface area contributed by atoms with Crippen LogP contribution in [0.3, 0.4) is 0 Å². The summed E-state index contributed by atoms with van der Waals surface area (Å²) in [6.45, 7) is 2.60. The highest BCUT2D eigenvalue weighted by Gasteiger charge is 2.02. The summed E-state index contributed by atoms with van der Waals surface area (Å²) in [4.78, 5) is 8.30. The van der Waals surface area contributed by atoms with Gasteiger partial charge in [0.1, 0.15) is 18.0 Å². The molecule has 0 saturated carbocycles. The predicted octanol–water partition coefficient (Wildman–Crippen LogP) is 3.62. The molecule has 0 amide bonds. The first kappa shape index (κ1) is 14.3. The molecule has 0 saturated heterocycles. The van der Waals surface area contributed by atoms with Crippen molar-refractivity contribution < 1.29 is 0 Å². The van der Waals surface area contributed by atoms with Crippen LogP contribution in [0.5, 0.6) is 0 Å². The third kappa shape index (κ3) is 3.93. The normalized spacial score (nSPS) is 9.85. The number of rotatable bonds is 5. The molecule has 6 heteroatoms. The molecule has 0 spiro atoms. The number of aromatic nitrogens is 2. The molecule has 0 aliphatic rings. The molecule has 20 heavy (non-hydrogen) atoms. The van der Waals surface area contributed by atoms with Gasteiger partial charge in [0.25, 0.3) is 0 Å². The summed E-state index contributed by atoms with van der Waals surface area (Å²) in [5.74, 6) is 1.41. The van der Waals surface area contributed by atoms with Crippen LogP contribution in [0.15, 0.2) is 35.1 Å². The van der Waals surface area contributed by atoms with Gasteiger partial charge in [-0.1, -0.05) is 15.9 Å². The van der Waals surface area contributed by atoms with E-state index in [0.717, 1.165) is 15.7 Å². The van der Waals surface area contributed by atoms with Crippen molar-refractivity contribution >= 4 is 33.3 Å². The minimum Gasteiger partial charge on any atom is -0.369 e. The number of anilines is 3. The third-order valence-corrected chi connectivity index (χ3v) is 3.15. The van der Waals surface area contributed by atoms with E-state index < -0.39 is 0 Å². The van der Waals surface area contributed by atoms with Crippen LogP contribution in [-0.2, 0) is 0 Å². The van der Waals surface area contributed by atoms with Gasteiger partial charge in [-0.2, -0.15) is 5.26 Å².